The van der Waals surface area contributed by atoms with Crippen LogP contribution in [0, 0.1) is 0 Å². The van der Waals surface area contributed by atoms with Crippen LogP contribution in [0.25, 0.3) is 5.69 Å². The van der Waals surface area contributed by atoms with Crippen molar-refractivity contribution in [1.82, 2.24) is 19.7 Å². The molecule has 0 amide bonds. The molecule has 0 saturated heterocycles. The first kappa shape index (κ1) is 18.6. The van der Waals surface area contributed by atoms with Gasteiger partial charge in [0.25, 0.3) is 0 Å². The van der Waals surface area contributed by atoms with E-state index in [-0.39, 0.29) is 6.10 Å². The monoisotopic (exact) mass is 410 g/mol. The van der Waals surface area contributed by atoms with Crippen LogP contribution in [0.1, 0.15) is 48.8 Å². The molecule has 1 aliphatic carbocycles. The lowest BCUT2D eigenvalue weighted by Crippen LogP contribution is -2.25. The first-order valence-electron chi connectivity index (χ1n) is 10.2. The lowest BCUT2D eigenvalue weighted by molar-refractivity contribution is 0.139. The smallest absolute Gasteiger partial charge is 0.213 e. The largest absolute Gasteiger partial charge is 0.474 e. The van der Waals surface area contributed by atoms with Crippen LogP contribution in [0.5, 0.6) is 5.88 Å². The number of rotatable bonds is 3. The first-order valence-corrected chi connectivity index (χ1v) is 10.5. The number of hydrogen-bond acceptors (Lipinski definition) is 5. The van der Waals surface area contributed by atoms with Crippen molar-refractivity contribution >= 4 is 11.6 Å². The molecule has 150 valence electrons. The number of benzene rings is 1. The standard InChI is InChI=1S/C22H23ClN4O2/c23-18-4-3-5-19-17(18)12-15(28)13-20-25-26-22(27(19)20)14-7-9-16(10-8-14)29-21-6-1-2-11-24-21/h1-6,11,14-16,28H,7-10,12-13H2. The second-order valence-corrected chi connectivity index (χ2v) is 8.28. The molecule has 1 atom stereocenters. The van der Waals surface area contributed by atoms with Gasteiger partial charge < -0.3 is 9.84 Å². The minimum absolute atomic E-state index is 0.177. The van der Waals surface area contributed by atoms with E-state index in [1.54, 1.807) is 6.20 Å². The number of fused-ring (bicyclic) bond motifs is 3. The van der Waals surface area contributed by atoms with E-state index in [1.807, 2.05) is 36.4 Å². The minimum atomic E-state index is -0.505. The topological polar surface area (TPSA) is 73.1 Å². The fourth-order valence-electron chi connectivity index (χ4n) is 4.49. The van der Waals surface area contributed by atoms with Crippen LogP contribution < -0.4 is 4.74 Å². The average molecular weight is 411 g/mol. The highest BCUT2D eigenvalue weighted by Gasteiger charge is 2.31. The summed E-state index contributed by atoms with van der Waals surface area (Å²) in [7, 11) is 0. The third-order valence-electron chi connectivity index (χ3n) is 5.91. The molecule has 1 saturated carbocycles. The summed E-state index contributed by atoms with van der Waals surface area (Å²) >= 11 is 6.46. The maximum atomic E-state index is 10.4. The second-order valence-electron chi connectivity index (χ2n) is 7.87. The van der Waals surface area contributed by atoms with Crippen LogP contribution in [0.2, 0.25) is 5.02 Å². The van der Waals surface area contributed by atoms with Crippen molar-refractivity contribution in [2.24, 2.45) is 0 Å². The number of aliphatic hydroxyl groups excluding tert-OH is 1. The molecule has 0 spiro atoms. The molecule has 0 bridgehead atoms. The van der Waals surface area contributed by atoms with Gasteiger partial charge in [0.2, 0.25) is 5.88 Å². The quantitative estimate of drug-likeness (QED) is 0.709. The summed E-state index contributed by atoms with van der Waals surface area (Å²) < 4.78 is 8.16. The van der Waals surface area contributed by atoms with Crippen LogP contribution in [0.3, 0.4) is 0 Å². The van der Waals surface area contributed by atoms with Gasteiger partial charge in [-0.1, -0.05) is 23.7 Å². The number of hydrogen-bond donors (Lipinski definition) is 1. The number of halogens is 1. The van der Waals surface area contributed by atoms with E-state index in [2.05, 4.69) is 19.7 Å². The molecule has 3 heterocycles. The molecule has 1 aliphatic heterocycles. The van der Waals surface area contributed by atoms with Gasteiger partial charge in [0, 0.05) is 36.0 Å². The van der Waals surface area contributed by atoms with Crippen molar-refractivity contribution in [3.05, 3.63) is 64.8 Å². The van der Waals surface area contributed by atoms with E-state index in [0.29, 0.717) is 29.7 Å². The highest BCUT2D eigenvalue weighted by atomic mass is 35.5. The van der Waals surface area contributed by atoms with E-state index in [0.717, 1.165) is 48.6 Å². The Kier molecular flexibility index (Phi) is 4.97. The van der Waals surface area contributed by atoms with Gasteiger partial charge in [-0.05, 0) is 49.4 Å². The maximum absolute atomic E-state index is 10.4. The molecule has 1 unspecified atom stereocenters. The molecule has 2 aromatic heterocycles. The van der Waals surface area contributed by atoms with Gasteiger partial charge in [-0.25, -0.2) is 4.98 Å². The Balaban J connectivity index is 1.39. The molecule has 1 N–H and O–H groups in total. The number of pyridine rings is 1. The molecule has 2 aliphatic rings. The molecule has 7 heteroatoms. The highest BCUT2D eigenvalue weighted by Crippen LogP contribution is 2.37. The summed E-state index contributed by atoms with van der Waals surface area (Å²) in [5.41, 5.74) is 1.96. The lowest BCUT2D eigenvalue weighted by atomic mass is 9.86. The Labute approximate surface area is 174 Å². The van der Waals surface area contributed by atoms with Gasteiger partial charge in [-0.15, -0.1) is 10.2 Å². The first-order chi connectivity index (χ1) is 14.2. The van der Waals surface area contributed by atoms with Gasteiger partial charge in [0.05, 0.1) is 11.8 Å². The Morgan fingerprint density at radius 1 is 1.00 bits per heavy atom. The lowest BCUT2D eigenvalue weighted by Gasteiger charge is -2.28. The van der Waals surface area contributed by atoms with Crippen LogP contribution in [0.4, 0.5) is 0 Å². The Hall–Kier alpha value is -2.44. The average Bonchev–Trinajstić information content (AvgIpc) is 3.07. The fraction of sp³-hybridized carbons (Fsp3) is 0.409. The van der Waals surface area contributed by atoms with E-state index < -0.39 is 6.10 Å². The summed E-state index contributed by atoms with van der Waals surface area (Å²) in [6.07, 6.45) is 6.30. The molecule has 6 nitrogen and oxygen atoms in total. The van der Waals surface area contributed by atoms with Crippen molar-refractivity contribution < 1.29 is 9.84 Å². The number of ether oxygens (including phenoxy) is 1. The molecule has 29 heavy (non-hydrogen) atoms. The molecular weight excluding hydrogens is 388 g/mol. The van der Waals surface area contributed by atoms with E-state index in [1.165, 1.54) is 0 Å². The number of aromatic nitrogens is 4. The van der Waals surface area contributed by atoms with Gasteiger partial charge in [-0.2, -0.15) is 0 Å². The van der Waals surface area contributed by atoms with Crippen LogP contribution in [0.15, 0.2) is 42.6 Å². The van der Waals surface area contributed by atoms with E-state index in [9.17, 15) is 5.11 Å². The number of aliphatic hydroxyl groups is 1. The SMILES string of the molecule is OC1Cc2c(Cl)cccc2-n2c(nnc2C2CCC(Oc3ccccn3)CC2)C1. The van der Waals surface area contributed by atoms with Crippen LogP contribution in [-0.2, 0) is 12.8 Å². The predicted octanol–water partition coefficient (Wildman–Crippen LogP) is 3.88. The minimum Gasteiger partial charge on any atom is -0.474 e. The van der Waals surface area contributed by atoms with Gasteiger partial charge in [0.15, 0.2) is 0 Å². The van der Waals surface area contributed by atoms with Gasteiger partial charge in [0.1, 0.15) is 17.8 Å². The summed E-state index contributed by atoms with van der Waals surface area (Å²) in [5, 5.41) is 20.1. The van der Waals surface area contributed by atoms with Gasteiger partial charge in [-0.3, -0.25) is 4.57 Å². The van der Waals surface area contributed by atoms with Crippen molar-refractivity contribution in [3.8, 4) is 11.6 Å². The third-order valence-corrected chi connectivity index (χ3v) is 6.27. The Bertz CT molecular complexity index is 999. The molecule has 5 rings (SSSR count). The summed E-state index contributed by atoms with van der Waals surface area (Å²) in [4.78, 5) is 4.27. The van der Waals surface area contributed by atoms with Gasteiger partial charge >= 0.3 is 0 Å². The summed E-state index contributed by atoms with van der Waals surface area (Å²) in [6, 6.07) is 11.6. The zero-order chi connectivity index (χ0) is 19.8. The summed E-state index contributed by atoms with van der Waals surface area (Å²) in [5.74, 6) is 2.76. The molecule has 3 aromatic rings. The number of nitrogens with zero attached hydrogens (tertiary/aromatic N) is 4. The Morgan fingerprint density at radius 2 is 1.86 bits per heavy atom. The molecule has 1 aromatic carbocycles. The predicted molar refractivity (Wildman–Crippen MR) is 110 cm³/mol. The van der Waals surface area contributed by atoms with Crippen molar-refractivity contribution in [2.45, 2.75) is 56.7 Å². The normalized spacial score (nSPS) is 23.7. The second kappa shape index (κ2) is 7.76. The van der Waals surface area contributed by atoms with Crippen LogP contribution >= 0.6 is 11.6 Å². The third kappa shape index (κ3) is 3.63. The van der Waals surface area contributed by atoms with Crippen molar-refractivity contribution in [1.29, 1.82) is 0 Å². The van der Waals surface area contributed by atoms with Crippen LogP contribution in [-0.4, -0.2) is 37.1 Å². The van der Waals surface area contributed by atoms with Crippen molar-refractivity contribution in [3.63, 3.8) is 0 Å². The zero-order valence-electron chi connectivity index (χ0n) is 16.0. The maximum Gasteiger partial charge on any atom is 0.213 e. The fourth-order valence-corrected chi connectivity index (χ4v) is 4.74. The summed E-state index contributed by atoms with van der Waals surface area (Å²) in [6.45, 7) is 0. The zero-order valence-corrected chi connectivity index (χ0v) is 16.8. The molecule has 0 radical (unpaired) electrons. The van der Waals surface area contributed by atoms with E-state index in [4.69, 9.17) is 16.3 Å². The Morgan fingerprint density at radius 3 is 2.66 bits per heavy atom. The molecular formula is C22H23ClN4O2. The highest BCUT2D eigenvalue weighted by molar-refractivity contribution is 6.31. The van der Waals surface area contributed by atoms with E-state index >= 15 is 0 Å². The molecule has 1 fully saturated rings. The van der Waals surface area contributed by atoms with Crippen molar-refractivity contribution in [2.75, 3.05) is 0 Å².